The zero-order valence-electron chi connectivity index (χ0n) is 13.6. The Morgan fingerprint density at radius 3 is 2.40 bits per heavy atom. The molecular formula is C15H28O4Si. The molecule has 0 aromatic carbocycles. The number of carbonyl (C=O) groups excluding carboxylic acids is 1. The van der Waals surface area contributed by atoms with E-state index in [1.165, 1.54) is 7.11 Å². The highest BCUT2D eigenvalue weighted by Gasteiger charge is 2.53. The number of hydrogen-bond donors (Lipinski definition) is 0. The zero-order chi connectivity index (χ0) is 15.1. The summed E-state index contributed by atoms with van der Waals surface area (Å²) < 4.78 is 17.2. The van der Waals surface area contributed by atoms with Crippen LogP contribution in [-0.2, 0) is 18.7 Å². The third-order valence-electron chi connectivity index (χ3n) is 5.34. The molecule has 5 heteroatoms. The second-order valence-electron chi connectivity index (χ2n) is 7.57. The van der Waals surface area contributed by atoms with Crippen molar-refractivity contribution in [3.8, 4) is 0 Å². The van der Waals surface area contributed by atoms with Crippen molar-refractivity contribution < 1.29 is 18.7 Å². The SMILES string of the molecule is COC(=O)[C@H]1[C@@H](CO[Si](C)(C)C(C)(C)C)[C@H]2CC[C@@H]1O2. The van der Waals surface area contributed by atoms with Crippen LogP contribution in [0, 0.1) is 11.8 Å². The largest absolute Gasteiger partial charge is 0.469 e. The van der Waals surface area contributed by atoms with Crippen molar-refractivity contribution >= 4 is 14.3 Å². The van der Waals surface area contributed by atoms with Gasteiger partial charge in [0.05, 0.1) is 25.2 Å². The molecule has 2 aliphatic rings. The number of methoxy groups -OCH3 is 1. The van der Waals surface area contributed by atoms with Gasteiger partial charge in [0.25, 0.3) is 0 Å². The van der Waals surface area contributed by atoms with Crippen molar-refractivity contribution in [1.82, 2.24) is 0 Å². The Morgan fingerprint density at radius 1 is 1.25 bits per heavy atom. The second kappa shape index (κ2) is 5.43. The van der Waals surface area contributed by atoms with Crippen LogP contribution >= 0.6 is 0 Å². The maximum Gasteiger partial charge on any atom is 0.311 e. The Hall–Kier alpha value is -0.393. The molecule has 0 aromatic rings. The first kappa shape index (κ1) is 16.0. The molecule has 20 heavy (non-hydrogen) atoms. The van der Waals surface area contributed by atoms with Crippen LogP contribution in [0.4, 0.5) is 0 Å². The number of fused-ring (bicyclic) bond motifs is 2. The Bertz CT molecular complexity index is 375. The van der Waals surface area contributed by atoms with Crippen LogP contribution in [0.1, 0.15) is 33.6 Å². The van der Waals surface area contributed by atoms with Crippen molar-refractivity contribution in [2.75, 3.05) is 13.7 Å². The number of carbonyl (C=O) groups is 1. The predicted octanol–water partition coefficient (Wildman–Crippen LogP) is 2.97. The Balaban J connectivity index is 2.03. The third-order valence-corrected chi connectivity index (χ3v) is 9.84. The summed E-state index contributed by atoms with van der Waals surface area (Å²) in [4.78, 5) is 12.0. The fourth-order valence-corrected chi connectivity index (χ4v) is 4.01. The molecule has 0 aliphatic carbocycles. The number of rotatable bonds is 4. The topological polar surface area (TPSA) is 44.8 Å². The monoisotopic (exact) mass is 300 g/mol. The van der Waals surface area contributed by atoms with Gasteiger partial charge in [-0.3, -0.25) is 4.79 Å². The summed E-state index contributed by atoms with van der Waals surface area (Å²) in [7, 11) is -0.324. The van der Waals surface area contributed by atoms with E-state index in [2.05, 4.69) is 33.9 Å². The van der Waals surface area contributed by atoms with E-state index >= 15 is 0 Å². The highest BCUT2D eigenvalue weighted by atomic mass is 28.4. The molecule has 116 valence electrons. The summed E-state index contributed by atoms with van der Waals surface area (Å²) >= 11 is 0. The molecule has 0 radical (unpaired) electrons. The molecule has 4 nitrogen and oxygen atoms in total. The molecule has 0 saturated carbocycles. The third kappa shape index (κ3) is 2.80. The molecule has 4 atom stereocenters. The van der Waals surface area contributed by atoms with Crippen LogP contribution in [-0.4, -0.2) is 40.2 Å². The molecule has 0 spiro atoms. The lowest BCUT2D eigenvalue weighted by molar-refractivity contribution is -0.149. The smallest absolute Gasteiger partial charge is 0.311 e. The molecular weight excluding hydrogens is 272 g/mol. The minimum absolute atomic E-state index is 0.0421. The Labute approximate surface area is 123 Å². The van der Waals surface area contributed by atoms with Gasteiger partial charge in [-0.15, -0.1) is 0 Å². The normalized spacial score (nSPS) is 33.5. The van der Waals surface area contributed by atoms with Gasteiger partial charge in [0.2, 0.25) is 0 Å². The molecule has 0 unspecified atom stereocenters. The van der Waals surface area contributed by atoms with E-state index in [1.54, 1.807) is 0 Å². The minimum Gasteiger partial charge on any atom is -0.469 e. The Kier molecular flexibility index (Phi) is 4.34. The van der Waals surface area contributed by atoms with Crippen LogP contribution < -0.4 is 0 Å². The van der Waals surface area contributed by atoms with Crippen molar-refractivity contribution in [1.29, 1.82) is 0 Å². The predicted molar refractivity (Wildman–Crippen MR) is 80.0 cm³/mol. The van der Waals surface area contributed by atoms with Gasteiger partial charge in [0, 0.05) is 12.5 Å². The van der Waals surface area contributed by atoms with E-state index in [0.717, 1.165) is 12.8 Å². The van der Waals surface area contributed by atoms with Gasteiger partial charge >= 0.3 is 5.97 Å². The molecule has 0 aromatic heterocycles. The maximum atomic E-state index is 12.0. The molecule has 2 fully saturated rings. The molecule has 2 bridgehead atoms. The maximum absolute atomic E-state index is 12.0. The summed E-state index contributed by atoms with van der Waals surface area (Å²) in [5.41, 5.74) is 0. The lowest BCUT2D eigenvalue weighted by atomic mass is 9.80. The van der Waals surface area contributed by atoms with Gasteiger partial charge in [-0.05, 0) is 31.0 Å². The number of esters is 1. The van der Waals surface area contributed by atoms with Crippen molar-refractivity contribution in [2.45, 2.75) is 64.0 Å². The van der Waals surface area contributed by atoms with Gasteiger partial charge in [0.1, 0.15) is 0 Å². The summed E-state index contributed by atoms with van der Waals surface area (Å²) in [6.07, 6.45) is 2.24. The standard InChI is InChI=1S/C15H28O4Si/c1-15(2,3)20(5,6)18-9-10-11-7-8-12(19-11)13(10)14(16)17-4/h10-13H,7-9H2,1-6H3/t10-,11+,12-,13-/m0/s1. The van der Waals surface area contributed by atoms with Crippen LogP contribution in [0.2, 0.25) is 18.1 Å². The summed E-state index contributed by atoms with van der Waals surface area (Å²) in [5.74, 6) is -0.111. The fourth-order valence-electron chi connectivity index (χ4n) is 2.97. The molecule has 2 saturated heterocycles. The van der Waals surface area contributed by atoms with Gasteiger partial charge < -0.3 is 13.9 Å². The van der Waals surface area contributed by atoms with Crippen LogP contribution in [0.5, 0.6) is 0 Å². The minimum atomic E-state index is -1.78. The Morgan fingerprint density at radius 2 is 1.85 bits per heavy atom. The lowest BCUT2D eigenvalue weighted by Gasteiger charge is -2.38. The van der Waals surface area contributed by atoms with E-state index in [1.807, 2.05) is 0 Å². The first-order valence-corrected chi connectivity index (χ1v) is 10.5. The van der Waals surface area contributed by atoms with Crippen molar-refractivity contribution in [3.05, 3.63) is 0 Å². The van der Waals surface area contributed by atoms with Crippen molar-refractivity contribution in [2.24, 2.45) is 11.8 Å². The average molecular weight is 300 g/mol. The summed E-state index contributed by atoms with van der Waals surface area (Å²) in [6.45, 7) is 11.8. The van der Waals surface area contributed by atoms with E-state index in [0.29, 0.717) is 6.61 Å². The van der Waals surface area contributed by atoms with E-state index in [-0.39, 0.29) is 35.1 Å². The molecule has 0 N–H and O–H groups in total. The molecule has 2 aliphatic heterocycles. The second-order valence-corrected chi connectivity index (χ2v) is 12.4. The molecule has 2 heterocycles. The quantitative estimate of drug-likeness (QED) is 0.591. The highest BCUT2D eigenvalue weighted by Crippen LogP contribution is 2.45. The number of hydrogen-bond acceptors (Lipinski definition) is 4. The van der Waals surface area contributed by atoms with Gasteiger partial charge in [0.15, 0.2) is 8.32 Å². The van der Waals surface area contributed by atoms with E-state index < -0.39 is 8.32 Å². The van der Waals surface area contributed by atoms with Gasteiger partial charge in [-0.1, -0.05) is 20.8 Å². The fraction of sp³-hybridized carbons (Fsp3) is 0.933. The van der Waals surface area contributed by atoms with Crippen LogP contribution in [0.25, 0.3) is 0 Å². The average Bonchev–Trinajstić information content (AvgIpc) is 2.94. The van der Waals surface area contributed by atoms with Gasteiger partial charge in [-0.2, -0.15) is 0 Å². The molecule has 2 rings (SSSR count). The van der Waals surface area contributed by atoms with Crippen LogP contribution in [0.15, 0.2) is 0 Å². The van der Waals surface area contributed by atoms with E-state index in [4.69, 9.17) is 13.9 Å². The first-order valence-electron chi connectivity index (χ1n) is 7.54. The summed E-state index contributed by atoms with van der Waals surface area (Å²) in [6, 6.07) is 0. The lowest BCUT2D eigenvalue weighted by Crippen LogP contribution is -2.45. The first-order chi connectivity index (χ1) is 9.17. The van der Waals surface area contributed by atoms with Crippen LogP contribution in [0.3, 0.4) is 0 Å². The summed E-state index contributed by atoms with van der Waals surface area (Å²) in [5, 5.41) is 0.187. The van der Waals surface area contributed by atoms with Gasteiger partial charge in [-0.25, -0.2) is 0 Å². The van der Waals surface area contributed by atoms with E-state index in [9.17, 15) is 4.79 Å². The van der Waals surface area contributed by atoms with Crippen molar-refractivity contribution in [3.63, 3.8) is 0 Å². The zero-order valence-corrected chi connectivity index (χ0v) is 14.6. The molecule has 0 amide bonds. The number of ether oxygens (including phenoxy) is 2. The highest BCUT2D eigenvalue weighted by molar-refractivity contribution is 6.74.